The third-order valence-corrected chi connectivity index (χ3v) is 4.03. The van der Waals surface area contributed by atoms with Crippen molar-refractivity contribution in [2.75, 3.05) is 18.5 Å². The van der Waals surface area contributed by atoms with Crippen molar-refractivity contribution in [3.05, 3.63) is 24.3 Å². The van der Waals surface area contributed by atoms with Crippen LogP contribution >= 0.6 is 0 Å². The van der Waals surface area contributed by atoms with E-state index in [1.807, 2.05) is 0 Å². The van der Waals surface area contributed by atoms with Gasteiger partial charge in [0, 0.05) is 12.3 Å². The average Bonchev–Trinajstić information content (AvgIpc) is 3.16. The number of benzene rings is 1. The van der Waals surface area contributed by atoms with Crippen molar-refractivity contribution in [2.45, 2.75) is 25.4 Å². The lowest BCUT2D eigenvalue weighted by Gasteiger charge is -2.12. The number of carbonyl (C=O) groups is 2. The molecule has 0 radical (unpaired) electrons. The van der Waals surface area contributed by atoms with E-state index >= 15 is 0 Å². The fraction of sp³-hybridized carbons (Fsp3) is 0.500. The number of carboxylic acid groups (broad SMARTS) is 1. The first-order valence-corrected chi connectivity index (χ1v) is 7.51. The van der Waals surface area contributed by atoms with Crippen LogP contribution in [0.4, 0.5) is 5.69 Å². The van der Waals surface area contributed by atoms with Crippen molar-refractivity contribution < 1.29 is 24.2 Å². The van der Waals surface area contributed by atoms with Gasteiger partial charge in [0.15, 0.2) is 0 Å². The van der Waals surface area contributed by atoms with Crippen LogP contribution in [0.15, 0.2) is 24.3 Å². The molecule has 1 aromatic rings. The number of anilines is 1. The van der Waals surface area contributed by atoms with Crippen LogP contribution < -0.4 is 10.1 Å². The number of hydrogen-bond donors (Lipinski definition) is 2. The zero-order valence-corrected chi connectivity index (χ0v) is 12.2. The van der Waals surface area contributed by atoms with Crippen molar-refractivity contribution in [2.24, 2.45) is 11.8 Å². The van der Waals surface area contributed by atoms with E-state index in [1.54, 1.807) is 24.3 Å². The van der Waals surface area contributed by atoms with Gasteiger partial charge >= 0.3 is 5.97 Å². The lowest BCUT2D eigenvalue weighted by molar-refractivity contribution is -0.139. The molecule has 1 aliphatic carbocycles. The van der Waals surface area contributed by atoms with E-state index in [0.717, 1.165) is 25.2 Å². The highest BCUT2D eigenvalue weighted by molar-refractivity contribution is 5.98. The predicted molar refractivity (Wildman–Crippen MR) is 78.8 cm³/mol. The number of amides is 1. The van der Waals surface area contributed by atoms with Gasteiger partial charge in [-0.15, -0.1) is 0 Å². The minimum Gasteiger partial charge on any atom is -0.491 e. The molecule has 1 saturated carbocycles. The Bertz CT molecular complexity index is 550. The van der Waals surface area contributed by atoms with Gasteiger partial charge < -0.3 is 19.9 Å². The molecule has 1 heterocycles. The Morgan fingerprint density at radius 1 is 1.27 bits per heavy atom. The minimum absolute atomic E-state index is 0.169. The molecule has 0 bridgehead atoms. The van der Waals surface area contributed by atoms with Crippen LogP contribution in [-0.4, -0.2) is 36.3 Å². The Morgan fingerprint density at radius 2 is 2.05 bits per heavy atom. The van der Waals surface area contributed by atoms with Crippen molar-refractivity contribution in [1.29, 1.82) is 0 Å². The molecule has 0 aromatic heterocycles. The predicted octanol–water partition coefficient (Wildman–Crippen LogP) is 1.90. The fourth-order valence-electron chi connectivity index (χ4n) is 2.59. The minimum atomic E-state index is -0.905. The summed E-state index contributed by atoms with van der Waals surface area (Å²) in [5.74, 6) is -1.36. The highest BCUT2D eigenvalue weighted by Gasteiger charge is 2.48. The van der Waals surface area contributed by atoms with Crippen molar-refractivity contribution >= 4 is 17.6 Å². The maximum absolute atomic E-state index is 11.9. The average molecular weight is 305 g/mol. The lowest BCUT2D eigenvalue weighted by Crippen LogP contribution is -2.17. The van der Waals surface area contributed by atoms with E-state index in [4.69, 9.17) is 14.6 Å². The van der Waals surface area contributed by atoms with Gasteiger partial charge in [-0.2, -0.15) is 0 Å². The molecule has 2 aliphatic rings. The molecule has 22 heavy (non-hydrogen) atoms. The summed E-state index contributed by atoms with van der Waals surface area (Å²) >= 11 is 0. The number of nitrogens with one attached hydrogen (secondary N) is 1. The zero-order chi connectivity index (χ0) is 15.5. The van der Waals surface area contributed by atoms with Gasteiger partial charge in [-0.1, -0.05) is 0 Å². The third-order valence-electron chi connectivity index (χ3n) is 4.03. The molecule has 2 fully saturated rings. The Kier molecular flexibility index (Phi) is 4.29. The maximum Gasteiger partial charge on any atom is 0.307 e. The summed E-state index contributed by atoms with van der Waals surface area (Å²) in [6.07, 6.45) is 2.70. The molecule has 2 N–H and O–H groups in total. The molecule has 118 valence electrons. The van der Waals surface area contributed by atoms with Gasteiger partial charge in [0.1, 0.15) is 12.4 Å². The molecule has 6 nitrogen and oxygen atoms in total. The summed E-state index contributed by atoms with van der Waals surface area (Å²) in [6.45, 7) is 1.34. The van der Waals surface area contributed by atoms with E-state index in [2.05, 4.69) is 5.32 Å². The van der Waals surface area contributed by atoms with E-state index in [0.29, 0.717) is 18.7 Å². The Labute approximate surface area is 128 Å². The molecule has 6 heteroatoms. The SMILES string of the molecule is O=C(O)C1CC1C(=O)Nc1ccc(OCC2CCCO2)cc1. The number of rotatable bonds is 6. The normalized spacial score (nSPS) is 26.5. The molecule has 3 rings (SSSR count). The molecule has 1 saturated heterocycles. The quantitative estimate of drug-likeness (QED) is 0.838. The van der Waals surface area contributed by atoms with E-state index < -0.39 is 17.8 Å². The molecular formula is C16H19NO5. The van der Waals surface area contributed by atoms with Crippen LogP contribution in [0.3, 0.4) is 0 Å². The molecule has 1 aromatic carbocycles. The topological polar surface area (TPSA) is 84.9 Å². The molecule has 3 atom stereocenters. The fourth-order valence-corrected chi connectivity index (χ4v) is 2.59. The first-order valence-electron chi connectivity index (χ1n) is 7.51. The van der Waals surface area contributed by atoms with Crippen LogP contribution in [0.2, 0.25) is 0 Å². The van der Waals surface area contributed by atoms with Gasteiger partial charge in [-0.25, -0.2) is 0 Å². The summed E-state index contributed by atoms with van der Waals surface area (Å²) < 4.78 is 11.1. The second kappa shape index (κ2) is 6.36. The standard InChI is InChI=1S/C16H19NO5/c18-15(13-8-14(13)16(19)20)17-10-3-5-11(6-4-10)22-9-12-2-1-7-21-12/h3-6,12-14H,1-2,7-9H2,(H,17,18)(H,19,20). The number of carbonyl (C=O) groups excluding carboxylic acids is 1. The third kappa shape index (κ3) is 3.57. The summed E-state index contributed by atoms with van der Waals surface area (Å²) in [5, 5.41) is 11.5. The number of aliphatic carboxylic acids is 1. The summed E-state index contributed by atoms with van der Waals surface area (Å²) in [6, 6.07) is 7.07. The first kappa shape index (κ1) is 14.8. The number of ether oxygens (including phenoxy) is 2. The largest absolute Gasteiger partial charge is 0.491 e. The van der Waals surface area contributed by atoms with Gasteiger partial charge in [0.05, 0.1) is 17.9 Å². The maximum atomic E-state index is 11.9. The number of hydrogen-bond acceptors (Lipinski definition) is 4. The second-order valence-corrected chi connectivity index (χ2v) is 5.75. The van der Waals surface area contributed by atoms with Crippen LogP contribution in [0.25, 0.3) is 0 Å². The second-order valence-electron chi connectivity index (χ2n) is 5.75. The highest BCUT2D eigenvalue weighted by Crippen LogP contribution is 2.39. The van der Waals surface area contributed by atoms with E-state index in [-0.39, 0.29) is 12.0 Å². The smallest absolute Gasteiger partial charge is 0.307 e. The van der Waals surface area contributed by atoms with Crippen molar-refractivity contribution in [3.63, 3.8) is 0 Å². The molecule has 1 aliphatic heterocycles. The summed E-state index contributed by atoms with van der Waals surface area (Å²) in [5.41, 5.74) is 0.644. The zero-order valence-electron chi connectivity index (χ0n) is 12.2. The van der Waals surface area contributed by atoms with Crippen LogP contribution in [0.5, 0.6) is 5.75 Å². The van der Waals surface area contributed by atoms with E-state index in [1.165, 1.54) is 0 Å². The highest BCUT2D eigenvalue weighted by atomic mass is 16.5. The first-order chi connectivity index (χ1) is 10.6. The van der Waals surface area contributed by atoms with Gasteiger partial charge in [0.2, 0.25) is 5.91 Å². The summed E-state index contributed by atoms with van der Waals surface area (Å²) in [4.78, 5) is 22.6. The van der Waals surface area contributed by atoms with Crippen LogP contribution in [0.1, 0.15) is 19.3 Å². The van der Waals surface area contributed by atoms with Gasteiger partial charge in [-0.3, -0.25) is 9.59 Å². The number of carboxylic acids is 1. The van der Waals surface area contributed by atoms with Gasteiger partial charge in [-0.05, 0) is 43.5 Å². The Hall–Kier alpha value is -2.08. The van der Waals surface area contributed by atoms with Gasteiger partial charge in [0.25, 0.3) is 0 Å². The monoisotopic (exact) mass is 305 g/mol. The van der Waals surface area contributed by atoms with E-state index in [9.17, 15) is 9.59 Å². The lowest BCUT2D eigenvalue weighted by atomic mass is 10.2. The van der Waals surface area contributed by atoms with Crippen molar-refractivity contribution in [1.82, 2.24) is 0 Å². The van der Waals surface area contributed by atoms with Crippen LogP contribution in [-0.2, 0) is 14.3 Å². The molecule has 0 spiro atoms. The molecule has 1 amide bonds. The van der Waals surface area contributed by atoms with Crippen molar-refractivity contribution in [3.8, 4) is 5.75 Å². The Balaban J connectivity index is 1.47. The molecular weight excluding hydrogens is 286 g/mol. The van der Waals surface area contributed by atoms with Crippen LogP contribution in [0, 0.1) is 11.8 Å². The molecule has 3 unspecified atom stereocenters. The Morgan fingerprint density at radius 3 is 2.64 bits per heavy atom. The summed E-state index contributed by atoms with van der Waals surface area (Å²) in [7, 11) is 0.